The zero-order valence-corrected chi connectivity index (χ0v) is 18.9. The van der Waals surface area contributed by atoms with Crippen LogP contribution in [0, 0.1) is 0 Å². The summed E-state index contributed by atoms with van der Waals surface area (Å²) in [6.07, 6.45) is 5.42. The van der Waals surface area contributed by atoms with E-state index >= 15 is 0 Å². The van der Waals surface area contributed by atoms with Crippen LogP contribution in [0.2, 0.25) is 0 Å². The molecule has 2 aromatic heterocycles. The van der Waals surface area contributed by atoms with E-state index in [4.69, 9.17) is 5.11 Å². The fraction of sp³-hybridized carbons (Fsp3) is 0.296. The molecule has 0 aliphatic heterocycles. The molecule has 0 atom stereocenters. The number of fused-ring (bicyclic) bond motifs is 2. The zero-order valence-electron chi connectivity index (χ0n) is 18.9. The number of hydrogen-bond acceptors (Lipinski definition) is 4. The monoisotopic (exact) mass is 479 g/mol. The minimum absolute atomic E-state index is 0.139. The summed E-state index contributed by atoms with van der Waals surface area (Å²) in [5.74, 6) is -0.864. The van der Waals surface area contributed by atoms with E-state index < -0.39 is 17.8 Å². The maximum absolute atomic E-state index is 12.7. The standard InChI is InChI=1S/C27H24F3N3O2/c28-27(29,30)24-6-3-21(16-32-24)33-20-2-5-23(31-15-20)19-1-4-22-18(14-19)9-12-26(22)10-7-17(8-11-26)13-25(34)35/h1-6,13-16,33H,7-12H2,(H,34,35). The van der Waals surface area contributed by atoms with Gasteiger partial charge in [0.25, 0.3) is 0 Å². The van der Waals surface area contributed by atoms with Crippen LogP contribution in [0.3, 0.4) is 0 Å². The van der Waals surface area contributed by atoms with Gasteiger partial charge in [-0.15, -0.1) is 0 Å². The number of carboxylic acids is 1. The number of halogens is 3. The van der Waals surface area contributed by atoms with Gasteiger partial charge in [-0.1, -0.05) is 17.7 Å². The number of carbonyl (C=O) groups is 1. The van der Waals surface area contributed by atoms with Crippen molar-refractivity contribution in [3.05, 3.63) is 83.3 Å². The van der Waals surface area contributed by atoms with Gasteiger partial charge in [0, 0.05) is 11.6 Å². The molecule has 0 amide bonds. The third-order valence-corrected chi connectivity index (χ3v) is 7.13. The molecule has 2 N–H and O–H groups in total. The highest BCUT2D eigenvalue weighted by Gasteiger charge is 2.40. The molecule has 35 heavy (non-hydrogen) atoms. The van der Waals surface area contributed by atoms with E-state index in [2.05, 4.69) is 33.5 Å². The molecule has 5 rings (SSSR count). The number of pyridine rings is 2. The maximum atomic E-state index is 12.7. The van der Waals surface area contributed by atoms with E-state index in [-0.39, 0.29) is 5.41 Å². The molecular weight excluding hydrogens is 455 g/mol. The minimum Gasteiger partial charge on any atom is -0.478 e. The van der Waals surface area contributed by atoms with Gasteiger partial charge >= 0.3 is 12.1 Å². The molecule has 0 radical (unpaired) electrons. The third-order valence-electron chi connectivity index (χ3n) is 7.13. The minimum atomic E-state index is -4.46. The molecule has 8 heteroatoms. The van der Waals surface area contributed by atoms with Gasteiger partial charge in [0.1, 0.15) is 5.69 Å². The Kier molecular flexibility index (Phi) is 5.83. The van der Waals surface area contributed by atoms with Crippen molar-refractivity contribution in [1.29, 1.82) is 0 Å². The highest BCUT2D eigenvalue weighted by atomic mass is 19.4. The number of alkyl halides is 3. The second kappa shape index (κ2) is 8.83. The van der Waals surface area contributed by atoms with Crippen LogP contribution in [0.5, 0.6) is 0 Å². The van der Waals surface area contributed by atoms with Gasteiger partial charge in [0.2, 0.25) is 0 Å². The zero-order chi connectivity index (χ0) is 24.6. The Hall–Kier alpha value is -3.68. The first-order chi connectivity index (χ1) is 16.7. The first-order valence-corrected chi connectivity index (χ1v) is 11.5. The van der Waals surface area contributed by atoms with Gasteiger partial charge in [0.15, 0.2) is 0 Å². The first kappa shape index (κ1) is 23.1. The van der Waals surface area contributed by atoms with Crippen LogP contribution in [0.15, 0.2) is 66.5 Å². The van der Waals surface area contributed by atoms with Crippen molar-refractivity contribution in [2.45, 2.75) is 50.1 Å². The Morgan fingerprint density at radius 1 is 0.943 bits per heavy atom. The predicted molar refractivity (Wildman–Crippen MR) is 126 cm³/mol. The first-order valence-electron chi connectivity index (χ1n) is 11.5. The van der Waals surface area contributed by atoms with Crippen LogP contribution in [-0.2, 0) is 22.8 Å². The van der Waals surface area contributed by atoms with Gasteiger partial charge in [-0.2, -0.15) is 13.2 Å². The summed E-state index contributed by atoms with van der Waals surface area (Å²) >= 11 is 0. The fourth-order valence-corrected chi connectivity index (χ4v) is 5.31. The molecule has 2 aliphatic carbocycles. The molecule has 3 aromatic rings. The average Bonchev–Trinajstić information content (AvgIpc) is 3.18. The van der Waals surface area contributed by atoms with Crippen LogP contribution in [0.1, 0.15) is 48.9 Å². The summed E-state index contributed by atoms with van der Waals surface area (Å²) in [5.41, 5.74) is 5.88. The normalized spacial score (nSPS) is 19.5. The maximum Gasteiger partial charge on any atom is 0.433 e. The van der Waals surface area contributed by atoms with Gasteiger partial charge in [0.05, 0.1) is 29.5 Å². The average molecular weight is 480 g/mol. The van der Waals surface area contributed by atoms with Crippen LogP contribution >= 0.6 is 0 Å². The van der Waals surface area contributed by atoms with E-state index in [1.165, 1.54) is 23.3 Å². The molecule has 1 spiro atoms. The van der Waals surface area contributed by atoms with Crippen LogP contribution < -0.4 is 5.32 Å². The number of aryl methyl sites for hydroxylation is 1. The number of aromatic nitrogens is 2. The molecule has 0 bridgehead atoms. The van der Waals surface area contributed by atoms with Crippen LogP contribution in [0.4, 0.5) is 24.5 Å². The highest BCUT2D eigenvalue weighted by Crippen LogP contribution is 2.50. The lowest BCUT2D eigenvalue weighted by Gasteiger charge is -2.35. The van der Waals surface area contributed by atoms with E-state index in [9.17, 15) is 18.0 Å². The lowest BCUT2D eigenvalue weighted by molar-refractivity contribution is -0.141. The Morgan fingerprint density at radius 3 is 2.23 bits per heavy atom. The smallest absolute Gasteiger partial charge is 0.433 e. The Balaban J connectivity index is 1.28. The fourth-order valence-electron chi connectivity index (χ4n) is 5.31. The van der Waals surface area contributed by atoms with E-state index in [1.807, 2.05) is 12.1 Å². The van der Waals surface area contributed by atoms with Crippen molar-refractivity contribution in [2.75, 3.05) is 5.32 Å². The number of rotatable bonds is 4. The SMILES string of the molecule is O=C(O)C=C1CCC2(CC1)CCc1cc(-c3ccc(Nc4ccc(C(F)(F)F)nc4)cn3)ccc12. The second-order valence-corrected chi connectivity index (χ2v) is 9.28. The van der Waals surface area contributed by atoms with Gasteiger partial charge in [-0.3, -0.25) is 4.98 Å². The summed E-state index contributed by atoms with van der Waals surface area (Å²) in [6.45, 7) is 0. The van der Waals surface area contributed by atoms with Crippen molar-refractivity contribution in [1.82, 2.24) is 9.97 Å². The molecule has 180 valence electrons. The molecule has 5 nitrogen and oxygen atoms in total. The lowest BCUT2D eigenvalue weighted by Crippen LogP contribution is -2.27. The van der Waals surface area contributed by atoms with Crippen molar-refractivity contribution in [3.63, 3.8) is 0 Å². The van der Waals surface area contributed by atoms with Crippen molar-refractivity contribution in [2.24, 2.45) is 0 Å². The predicted octanol–water partition coefficient (Wildman–Crippen LogP) is 6.68. The second-order valence-electron chi connectivity index (χ2n) is 9.28. The molecule has 0 unspecified atom stereocenters. The molecule has 1 aromatic carbocycles. The van der Waals surface area contributed by atoms with E-state index in [0.717, 1.165) is 67.6 Å². The van der Waals surface area contributed by atoms with Crippen LogP contribution in [-0.4, -0.2) is 21.0 Å². The quantitative estimate of drug-likeness (QED) is 0.409. The van der Waals surface area contributed by atoms with Gasteiger partial charge in [-0.25, -0.2) is 9.78 Å². The summed E-state index contributed by atoms with van der Waals surface area (Å²) in [4.78, 5) is 19.0. The summed E-state index contributed by atoms with van der Waals surface area (Å²) in [5, 5.41) is 12.0. The molecular formula is C27H24F3N3O2. The topological polar surface area (TPSA) is 75.1 Å². The lowest BCUT2D eigenvalue weighted by atomic mass is 9.69. The van der Waals surface area contributed by atoms with Crippen molar-refractivity contribution in [3.8, 4) is 11.3 Å². The molecule has 1 fully saturated rings. The Morgan fingerprint density at radius 2 is 1.63 bits per heavy atom. The molecule has 1 saturated carbocycles. The van der Waals surface area contributed by atoms with E-state index in [0.29, 0.717) is 11.4 Å². The number of allylic oxidation sites excluding steroid dienone is 1. The Labute approximate surface area is 200 Å². The summed E-state index contributed by atoms with van der Waals surface area (Å²) in [6, 6.07) is 12.5. The Bertz CT molecular complexity index is 1270. The number of anilines is 2. The number of aliphatic carboxylic acids is 1. The number of nitrogens with one attached hydrogen (secondary N) is 1. The summed E-state index contributed by atoms with van der Waals surface area (Å²) < 4.78 is 38.0. The van der Waals surface area contributed by atoms with Gasteiger partial charge < -0.3 is 10.4 Å². The van der Waals surface area contributed by atoms with Crippen molar-refractivity contribution < 1.29 is 23.1 Å². The molecule has 0 saturated heterocycles. The number of hydrogen-bond donors (Lipinski definition) is 2. The number of nitrogens with zero attached hydrogens (tertiary/aromatic N) is 2. The molecule has 2 heterocycles. The van der Waals surface area contributed by atoms with Crippen molar-refractivity contribution >= 4 is 17.3 Å². The van der Waals surface area contributed by atoms with E-state index in [1.54, 1.807) is 6.20 Å². The third kappa shape index (κ3) is 4.78. The number of benzene rings is 1. The highest BCUT2D eigenvalue weighted by molar-refractivity contribution is 5.80. The van der Waals surface area contributed by atoms with Crippen LogP contribution in [0.25, 0.3) is 11.3 Å². The number of carboxylic acid groups (broad SMARTS) is 1. The summed E-state index contributed by atoms with van der Waals surface area (Å²) in [7, 11) is 0. The molecule has 2 aliphatic rings. The largest absolute Gasteiger partial charge is 0.478 e. The van der Waals surface area contributed by atoms with Gasteiger partial charge in [-0.05, 0) is 85.4 Å².